The molecular formula is C86H184N12U2. The summed E-state index contributed by atoms with van der Waals surface area (Å²) < 4.78 is 0. The Hall–Kier alpha value is 1.62. The predicted molar refractivity (Wildman–Crippen MR) is 444 cm³/mol. The molecule has 12 nitrogen and oxygen atoms in total. The van der Waals surface area contributed by atoms with Crippen molar-refractivity contribution in [3.8, 4) is 0 Å². The standard InChI is InChI=1S/2C14H28N2.2C13H26N2.2C9H17N2.2C4H9.6CH4.2U/c2*1-13(2,3)10-15-8-12-7-11(15)9-16(12)14(4,5)6;2*1-12(2,3)14-8-11-7-10(14)9-15(11)13(4,5)6;2*1-9(2,3)11-6-7-4-8(11)5-10-7;2*1-4(2)3;;;;;;;;/h2*11-12H,7-10H2,1-6H3;2*10-11H,7-9H2,1-6H3;2*7-8H,4-6H2,1-3H3;2*1-3H3;6*1H4;;/q;;;;4*-1;;;;;;;2*+2/t2*11-,12-;2*10-,11-;2*7-,8-;;;;;;;;;;/m101010........../s1. The third kappa shape index (κ3) is 32.1. The average molecular weight is 1860 g/mol. The normalized spacial score (nSPS) is 29.8. The molecule has 12 saturated heterocycles. The molecule has 0 spiro atoms. The first-order chi connectivity index (χ1) is 41.3. The molecule has 0 radical (unpaired) electrons. The number of piperazine rings is 6. The van der Waals surface area contributed by atoms with Gasteiger partial charge in [0, 0.05) is 158 Å². The van der Waals surface area contributed by atoms with E-state index in [2.05, 4.69) is 309 Å². The van der Waals surface area contributed by atoms with Crippen molar-refractivity contribution in [3.63, 3.8) is 0 Å². The number of fused-ring (bicyclic) bond motifs is 12. The first-order valence-electron chi connectivity index (χ1n) is 37.8. The zero-order valence-electron chi connectivity index (χ0n) is 69.4. The van der Waals surface area contributed by atoms with Crippen LogP contribution in [0, 0.1) is 84.9 Å². The average Bonchev–Trinajstić information content (AvgIpc) is 1.65. The summed E-state index contributed by atoms with van der Waals surface area (Å²) in [4.78, 5) is 26.8. The number of hydrogen-bond donors (Lipinski definition) is 0. The molecule has 0 N–H and O–H groups in total. The molecule has 0 aliphatic carbocycles. The van der Waals surface area contributed by atoms with Crippen LogP contribution in [0.2, 0.25) is 0 Å². The zero-order valence-corrected chi connectivity index (χ0v) is 77.8. The molecule has 12 bridgehead atoms. The van der Waals surface area contributed by atoms with Crippen molar-refractivity contribution in [1.29, 1.82) is 0 Å². The third-order valence-electron chi connectivity index (χ3n) is 21.4. The minimum Gasteiger partial charge on any atom is -0.657 e. The maximum atomic E-state index is 4.53. The van der Waals surface area contributed by atoms with Gasteiger partial charge in [-0.1, -0.05) is 98.9 Å². The second-order valence-corrected chi connectivity index (χ2v) is 42.6. The Balaban J connectivity index is -0.000000534. The predicted octanol–water partition coefficient (Wildman–Crippen LogP) is 20.2. The second kappa shape index (κ2) is 41.2. The molecule has 12 fully saturated rings. The van der Waals surface area contributed by atoms with Gasteiger partial charge in [0.15, 0.2) is 0 Å². The topological polar surface area (TPSA) is 60.6 Å². The Morgan fingerprint density at radius 1 is 0.240 bits per heavy atom. The Bertz CT molecular complexity index is 1990. The maximum Gasteiger partial charge on any atom is 2.00 e. The van der Waals surface area contributed by atoms with Crippen LogP contribution in [0.15, 0.2) is 0 Å². The van der Waals surface area contributed by atoms with E-state index in [1.54, 1.807) is 0 Å². The van der Waals surface area contributed by atoms with E-state index in [1.807, 2.05) is 0 Å². The summed E-state index contributed by atoms with van der Waals surface area (Å²) in [5, 5.41) is 9.05. The monoisotopic (exact) mass is 1860 g/mol. The molecule has 0 saturated carbocycles. The van der Waals surface area contributed by atoms with Crippen molar-refractivity contribution in [2.75, 3.05) is 91.6 Å². The smallest absolute Gasteiger partial charge is 0.657 e. The van der Waals surface area contributed by atoms with E-state index in [0.717, 1.165) is 73.5 Å². The Kier molecular flexibility index (Phi) is 44.5. The van der Waals surface area contributed by atoms with Crippen molar-refractivity contribution in [1.82, 2.24) is 49.0 Å². The summed E-state index contributed by atoms with van der Waals surface area (Å²) in [6.45, 7) is 99.9. The molecule has 0 amide bonds. The van der Waals surface area contributed by atoms with Gasteiger partial charge in [-0.15, -0.1) is 25.2 Å². The van der Waals surface area contributed by atoms with Crippen LogP contribution in [-0.4, -0.2) is 257 Å². The van der Waals surface area contributed by atoms with Gasteiger partial charge < -0.3 is 22.5 Å². The number of likely N-dealkylation sites (tertiary alicyclic amines) is 10. The summed E-state index contributed by atoms with van der Waals surface area (Å²) >= 11 is 0. The molecule has 0 aromatic heterocycles. The fourth-order valence-electron chi connectivity index (χ4n) is 17.9. The summed E-state index contributed by atoms with van der Waals surface area (Å²) in [6.07, 6.45) is 8.19. The maximum absolute atomic E-state index is 4.53. The minimum atomic E-state index is 0. The van der Waals surface area contributed by atoms with Crippen molar-refractivity contribution < 1.29 is 62.2 Å². The van der Waals surface area contributed by atoms with Gasteiger partial charge in [-0.25, -0.2) is 0 Å². The Labute approximate surface area is 679 Å². The minimum absolute atomic E-state index is 0. The zero-order chi connectivity index (χ0) is 70.4. The summed E-state index contributed by atoms with van der Waals surface area (Å²) in [5.41, 5.74) is 3.71. The first-order valence-corrected chi connectivity index (χ1v) is 37.8. The van der Waals surface area contributed by atoms with Gasteiger partial charge in [0.05, 0.1) is 0 Å². The van der Waals surface area contributed by atoms with E-state index in [4.69, 9.17) is 0 Å². The first kappa shape index (κ1) is 108. The molecule has 12 heterocycles. The van der Waals surface area contributed by atoms with E-state index >= 15 is 0 Å². The molecule has 0 unspecified atom stereocenters. The van der Waals surface area contributed by atoms with Crippen LogP contribution in [0.3, 0.4) is 0 Å². The van der Waals surface area contributed by atoms with E-state index in [-0.39, 0.29) is 107 Å². The molecule has 12 rings (SSSR count). The third-order valence-corrected chi connectivity index (χ3v) is 21.4. The van der Waals surface area contributed by atoms with Crippen molar-refractivity contribution >= 4 is 0 Å². The fourth-order valence-corrected chi connectivity index (χ4v) is 17.9. The van der Waals surface area contributed by atoms with Gasteiger partial charge in [0.1, 0.15) is 0 Å². The van der Waals surface area contributed by atoms with E-state index < -0.39 is 0 Å². The van der Waals surface area contributed by atoms with E-state index in [1.165, 1.54) is 129 Å². The van der Waals surface area contributed by atoms with E-state index in [9.17, 15) is 0 Å². The van der Waals surface area contributed by atoms with Crippen LogP contribution in [0.4, 0.5) is 0 Å². The van der Waals surface area contributed by atoms with E-state index in [0.29, 0.717) is 67.2 Å². The number of hydrogen-bond acceptors (Lipinski definition) is 10. The number of rotatable bonds is 2. The van der Waals surface area contributed by atoms with Crippen LogP contribution < -0.4 is 0 Å². The van der Waals surface area contributed by atoms with Gasteiger partial charge in [-0.05, 0) is 228 Å². The van der Waals surface area contributed by atoms with Gasteiger partial charge in [0.2, 0.25) is 0 Å². The summed E-state index contributed by atoms with van der Waals surface area (Å²) in [6, 6.07) is 9.33. The van der Waals surface area contributed by atoms with Crippen LogP contribution in [0.1, 0.15) is 332 Å². The molecular weight excluding hydrogens is 1680 g/mol. The molecule has 12 aliphatic heterocycles. The Morgan fingerprint density at radius 2 is 0.400 bits per heavy atom. The molecule has 100 heavy (non-hydrogen) atoms. The quantitative estimate of drug-likeness (QED) is 0.250. The van der Waals surface area contributed by atoms with Crippen LogP contribution in [0.5, 0.6) is 0 Å². The molecule has 596 valence electrons. The van der Waals surface area contributed by atoms with Crippen molar-refractivity contribution in [3.05, 3.63) is 22.5 Å². The fraction of sp³-hybridized carbons (Fsp3) is 0.977. The van der Waals surface area contributed by atoms with Crippen LogP contribution in [0.25, 0.3) is 10.6 Å². The van der Waals surface area contributed by atoms with Gasteiger partial charge in [-0.2, -0.15) is 41.5 Å². The van der Waals surface area contributed by atoms with Crippen molar-refractivity contribution in [2.24, 2.45) is 10.8 Å². The van der Waals surface area contributed by atoms with Gasteiger partial charge in [-0.3, -0.25) is 49.0 Å². The number of nitrogens with zero attached hydrogens (tertiary/aromatic N) is 12. The summed E-state index contributed by atoms with van der Waals surface area (Å²) in [7, 11) is 0. The Morgan fingerprint density at radius 3 is 0.510 bits per heavy atom. The van der Waals surface area contributed by atoms with Crippen LogP contribution in [-0.2, 0) is 0 Å². The van der Waals surface area contributed by atoms with Crippen LogP contribution >= 0.6 is 0 Å². The molecule has 12 atom stereocenters. The molecule has 0 aromatic rings. The second-order valence-electron chi connectivity index (χ2n) is 42.6. The molecule has 12 aliphatic rings. The van der Waals surface area contributed by atoms with Crippen molar-refractivity contribution in [2.45, 2.75) is 449 Å². The van der Waals surface area contributed by atoms with Gasteiger partial charge in [0.25, 0.3) is 0 Å². The molecule has 14 heteroatoms. The largest absolute Gasteiger partial charge is 2.00 e. The molecule has 0 aromatic carbocycles. The SMILES string of the molecule is C.C.C.C.C.C.CC(C)(C)CN1C[C@@H]2C[C@H]1CN2C(C)(C)C.CC(C)(C)CN1C[C@H]2C[C@@H]1CN2C(C)(C)C.CC(C)(C)N1C[C@@H]2C[C@H]1CN2C(C)(C)C.CC(C)(C)N1C[C@@H]2C[C@H]1C[N-]2.CC(C)(C)N1C[C@H]2C[C@@H]1CN2C(C)(C)C.CC(C)(C)N1C[C@H]2C[C@@H]1C[N-]2.C[C-](C)C.C[C-](C)C.[U+2].[U+2]. The summed E-state index contributed by atoms with van der Waals surface area (Å²) in [5.74, 6) is 2.83. The van der Waals surface area contributed by atoms with Gasteiger partial charge >= 0.3 is 62.2 Å².